The molecule has 3 aromatic rings. The maximum Gasteiger partial charge on any atom is 0.195 e. The molecule has 3 rings (SSSR count). The lowest BCUT2D eigenvalue weighted by Crippen LogP contribution is -2.14. The monoisotopic (exact) mass is 267 g/mol. The van der Waals surface area contributed by atoms with Crippen molar-refractivity contribution < 1.29 is 4.42 Å². The van der Waals surface area contributed by atoms with Crippen LogP contribution in [0, 0.1) is 0 Å². The largest absolute Gasteiger partial charge is 0.453 e. The van der Waals surface area contributed by atoms with Crippen molar-refractivity contribution in [1.82, 2.24) is 15.3 Å². The number of fused-ring (bicyclic) bond motifs is 1. The van der Waals surface area contributed by atoms with E-state index in [1.807, 2.05) is 42.7 Å². The lowest BCUT2D eigenvalue weighted by Gasteiger charge is -2.02. The van der Waals surface area contributed by atoms with E-state index >= 15 is 0 Å². The van der Waals surface area contributed by atoms with Crippen molar-refractivity contribution in [2.75, 3.05) is 6.54 Å². The molecular formula is C16H17N3O. The second kappa shape index (κ2) is 5.84. The number of benzene rings is 1. The molecule has 1 aromatic carbocycles. The minimum absolute atomic E-state index is 0.625. The van der Waals surface area contributed by atoms with Crippen LogP contribution in [0.1, 0.15) is 18.9 Å². The van der Waals surface area contributed by atoms with Crippen LogP contribution in [0.25, 0.3) is 22.6 Å². The van der Waals surface area contributed by atoms with E-state index in [1.54, 1.807) is 0 Å². The molecule has 20 heavy (non-hydrogen) atoms. The molecule has 1 N–H and O–H groups in total. The van der Waals surface area contributed by atoms with E-state index in [-0.39, 0.29) is 0 Å². The first kappa shape index (κ1) is 12.8. The van der Waals surface area contributed by atoms with Gasteiger partial charge in [-0.15, -0.1) is 0 Å². The zero-order valence-electron chi connectivity index (χ0n) is 11.5. The third kappa shape index (κ3) is 2.70. The Labute approximate surface area is 117 Å². The van der Waals surface area contributed by atoms with Gasteiger partial charge in [-0.25, -0.2) is 9.97 Å². The Kier molecular flexibility index (Phi) is 3.74. The average molecular weight is 267 g/mol. The molecule has 0 saturated heterocycles. The van der Waals surface area contributed by atoms with E-state index in [4.69, 9.17) is 4.42 Å². The van der Waals surface area contributed by atoms with E-state index in [0.29, 0.717) is 11.6 Å². The van der Waals surface area contributed by atoms with E-state index in [9.17, 15) is 0 Å². The van der Waals surface area contributed by atoms with Crippen LogP contribution in [0.2, 0.25) is 0 Å². The number of hydrogen-bond donors (Lipinski definition) is 1. The normalized spacial score (nSPS) is 11.1. The van der Waals surface area contributed by atoms with Gasteiger partial charge in [0.2, 0.25) is 0 Å². The molecule has 0 radical (unpaired) electrons. The summed E-state index contributed by atoms with van der Waals surface area (Å²) in [4.78, 5) is 8.76. The highest BCUT2D eigenvalue weighted by Crippen LogP contribution is 2.24. The summed E-state index contributed by atoms with van der Waals surface area (Å²) in [6.07, 6.45) is 4.81. The Morgan fingerprint density at radius 1 is 1.15 bits per heavy atom. The van der Waals surface area contributed by atoms with E-state index in [1.165, 1.54) is 0 Å². The molecule has 102 valence electrons. The summed E-state index contributed by atoms with van der Waals surface area (Å²) in [5.41, 5.74) is 1.94. The predicted molar refractivity (Wildman–Crippen MR) is 79.2 cm³/mol. The third-order valence-corrected chi connectivity index (χ3v) is 3.11. The quantitative estimate of drug-likeness (QED) is 0.720. The fourth-order valence-corrected chi connectivity index (χ4v) is 2.07. The summed E-state index contributed by atoms with van der Waals surface area (Å²) in [6, 6.07) is 9.89. The summed E-state index contributed by atoms with van der Waals surface area (Å²) in [7, 11) is 0. The second-order valence-electron chi connectivity index (χ2n) is 4.74. The molecule has 0 bridgehead atoms. The number of nitrogens with one attached hydrogen (secondary N) is 1. The molecule has 0 aliphatic rings. The van der Waals surface area contributed by atoms with Gasteiger partial charge in [0.25, 0.3) is 0 Å². The van der Waals surface area contributed by atoms with Gasteiger partial charge in [-0.1, -0.05) is 25.1 Å². The molecule has 0 saturated carbocycles. The molecule has 0 aliphatic heterocycles. The molecule has 0 unspecified atom stereocenters. The van der Waals surface area contributed by atoms with Crippen molar-refractivity contribution in [3.8, 4) is 11.6 Å². The van der Waals surface area contributed by atoms with Gasteiger partial charge in [-0.05, 0) is 25.1 Å². The van der Waals surface area contributed by atoms with Crippen LogP contribution in [-0.2, 0) is 6.54 Å². The summed E-state index contributed by atoms with van der Waals surface area (Å²) in [6.45, 7) is 3.95. The number of nitrogens with zero attached hydrogens (tertiary/aromatic N) is 2. The third-order valence-electron chi connectivity index (χ3n) is 3.11. The Hall–Kier alpha value is -2.20. The summed E-state index contributed by atoms with van der Waals surface area (Å²) in [5, 5.41) is 4.40. The maximum atomic E-state index is 5.75. The molecule has 4 nitrogen and oxygen atoms in total. The molecule has 2 heterocycles. The number of hydrogen-bond acceptors (Lipinski definition) is 4. The average Bonchev–Trinajstić information content (AvgIpc) is 2.92. The van der Waals surface area contributed by atoms with Gasteiger partial charge in [-0.3, -0.25) is 0 Å². The van der Waals surface area contributed by atoms with Crippen LogP contribution in [0.3, 0.4) is 0 Å². The van der Waals surface area contributed by atoms with Gasteiger partial charge in [0.1, 0.15) is 5.58 Å². The first-order chi connectivity index (χ1) is 9.86. The number of rotatable bonds is 5. The number of para-hydroxylation sites is 1. The molecule has 2 aromatic heterocycles. The minimum atomic E-state index is 0.625. The molecule has 0 fully saturated rings. The Morgan fingerprint density at radius 2 is 1.95 bits per heavy atom. The van der Waals surface area contributed by atoms with Crippen molar-refractivity contribution in [2.24, 2.45) is 0 Å². The van der Waals surface area contributed by atoms with Gasteiger partial charge in [0.15, 0.2) is 11.6 Å². The number of aromatic nitrogens is 2. The Morgan fingerprint density at radius 3 is 2.70 bits per heavy atom. The molecular weight excluding hydrogens is 250 g/mol. The van der Waals surface area contributed by atoms with Crippen molar-refractivity contribution in [2.45, 2.75) is 19.9 Å². The van der Waals surface area contributed by atoms with Crippen LogP contribution in [0.5, 0.6) is 0 Å². The van der Waals surface area contributed by atoms with Gasteiger partial charge in [-0.2, -0.15) is 0 Å². The summed E-state index contributed by atoms with van der Waals surface area (Å²) >= 11 is 0. The molecule has 0 spiro atoms. The van der Waals surface area contributed by atoms with Crippen molar-refractivity contribution in [1.29, 1.82) is 0 Å². The fraction of sp³-hybridized carbons (Fsp3) is 0.250. The molecule has 4 heteroatoms. The van der Waals surface area contributed by atoms with Crippen molar-refractivity contribution in [3.63, 3.8) is 0 Å². The van der Waals surface area contributed by atoms with Crippen molar-refractivity contribution >= 4 is 11.0 Å². The van der Waals surface area contributed by atoms with E-state index in [0.717, 1.165) is 36.0 Å². The molecule has 0 aliphatic carbocycles. The summed E-state index contributed by atoms with van der Waals surface area (Å²) < 4.78 is 5.75. The maximum absolute atomic E-state index is 5.75. The second-order valence-corrected chi connectivity index (χ2v) is 4.74. The number of furan rings is 1. The fourth-order valence-electron chi connectivity index (χ4n) is 2.07. The standard InChI is InChI=1S/C16H17N3O/c1-2-7-17-9-12-10-18-16(19-11-12)15-8-13-5-3-4-6-14(13)20-15/h3-6,8,10-11,17H,2,7,9H2,1H3. The smallest absolute Gasteiger partial charge is 0.195 e. The highest BCUT2D eigenvalue weighted by atomic mass is 16.3. The van der Waals surface area contributed by atoms with Gasteiger partial charge in [0.05, 0.1) is 0 Å². The van der Waals surface area contributed by atoms with Gasteiger partial charge in [0, 0.05) is 29.9 Å². The van der Waals surface area contributed by atoms with Crippen molar-refractivity contribution in [3.05, 3.63) is 48.3 Å². The zero-order chi connectivity index (χ0) is 13.8. The minimum Gasteiger partial charge on any atom is -0.453 e. The Bertz CT molecular complexity index is 655. The van der Waals surface area contributed by atoms with Crippen LogP contribution in [0.15, 0.2) is 47.1 Å². The van der Waals surface area contributed by atoms with Crippen LogP contribution in [-0.4, -0.2) is 16.5 Å². The topological polar surface area (TPSA) is 51.0 Å². The highest BCUT2D eigenvalue weighted by Gasteiger charge is 2.08. The van der Waals surface area contributed by atoms with Crippen LogP contribution in [0.4, 0.5) is 0 Å². The van der Waals surface area contributed by atoms with Gasteiger partial charge >= 0.3 is 0 Å². The SMILES string of the molecule is CCCNCc1cnc(-c2cc3ccccc3o2)nc1. The Balaban J connectivity index is 1.79. The lowest BCUT2D eigenvalue weighted by atomic mass is 10.2. The van der Waals surface area contributed by atoms with E-state index < -0.39 is 0 Å². The molecule has 0 amide bonds. The lowest BCUT2D eigenvalue weighted by molar-refractivity contribution is 0.624. The predicted octanol–water partition coefficient (Wildman–Crippen LogP) is 3.39. The first-order valence-electron chi connectivity index (χ1n) is 6.87. The van der Waals surface area contributed by atoms with Gasteiger partial charge < -0.3 is 9.73 Å². The summed E-state index contributed by atoms with van der Waals surface area (Å²) in [5.74, 6) is 1.33. The zero-order valence-corrected chi connectivity index (χ0v) is 11.5. The van der Waals surface area contributed by atoms with E-state index in [2.05, 4.69) is 22.2 Å². The highest BCUT2D eigenvalue weighted by molar-refractivity contribution is 5.81. The van der Waals surface area contributed by atoms with Crippen LogP contribution < -0.4 is 5.32 Å². The first-order valence-corrected chi connectivity index (χ1v) is 6.87. The van der Waals surface area contributed by atoms with Crippen LogP contribution >= 0.6 is 0 Å². The molecule has 0 atom stereocenters.